The van der Waals surface area contributed by atoms with Crippen molar-refractivity contribution in [1.82, 2.24) is 0 Å². The minimum Gasteiger partial charge on any atom is -0.364 e. The molecule has 0 spiro atoms. The van der Waals surface area contributed by atoms with Gasteiger partial charge in [0.15, 0.2) is 0 Å². The molecule has 4 fully saturated rings. The first-order valence-corrected chi connectivity index (χ1v) is 14.9. The van der Waals surface area contributed by atoms with E-state index in [4.69, 9.17) is 0 Å². The van der Waals surface area contributed by atoms with Gasteiger partial charge in [-0.2, -0.15) is 0 Å². The van der Waals surface area contributed by atoms with Crippen molar-refractivity contribution in [2.75, 3.05) is 11.4 Å². The Labute approximate surface area is 217 Å². The summed E-state index contributed by atoms with van der Waals surface area (Å²) in [6.45, 7) is 6.13. The summed E-state index contributed by atoms with van der Waals surface area (Å²) in [5.74, 6) is 4.44. The summed E-state index contributed by atoms with van der Waals surface area (Å²) < 4.78 is 0. The molecule has 2 aromatic rings. The molecule has 0 bridgehead atoms. The molecule has 1 unspecified atom stereocenters. The van der Waals surface area contributed by atoms with E-state index in [1.807, 2.05) is 0 Å². The van der Waals surface area contributed by atoms with Crippen molar-refractivity contribution in [3.05, 3.63) is 65.7 Å². The lowest BCUT2D eigenvalue weighted by Gasteiger charge is -2.61. The highest BCUT2D eigenvalue weighted by Gasteiger charge is 2.60. The van der Waals surface area contributed by atoms with Gasteiger partial charge in [-0.15, -0.1) is 0 Å². The second-order valence-electron chi connectivity index (χ2n) is 13.5. The molecule has 4 saturated carbocycles. The van der Waals surface area contributed by atoms with Crippen molar-refractivity contribution in [3.63, 3.8) is 0 Å². The van der Waals surface area contributed by atoms with E-state index in [0.717, 1.165) is 49.5 Å². The van der Waals surface area contributed by atoms with Crippen LogP contribution in [0, 0.1) is 40.4 Å². The second kappa shape index (κ2) is 8.47. The molecule has 0 N–H and O–H groups in total. The molecule has 1 aliphatic heterocycles. The number of carbonyl (C=O) groups is 1. The van der Waals surface area contributed by atoms with Crippen molar-refractivity contribution in [1.29, 1.82) is 0 Å². The van der Waals surface area contributed by atoms with E-state index in [1.54, 1.807) is 11.1 Å². The van der Waals surface area contributed by atoms with Gasteiger partial charge >= 0.3 is 0 Å². The molecular formula is C34H43NO. The van der Waals surface area contributed by atoms with E-state index >= 15 is 0 Å². The normalized spacial score (nSPS) is 41.7. The first-order chi connectivity index (χ1) is 17.5. The van der Waals surface area contributed by atoms with E-state index in [0.29, 0.717) is 23.2 Å². The molecule has 190 valence electrons. The first kappa shape index (κ1) is 23.1. The smallest absolute Gasteiger partial charge is 0.139 e. The zero-order chi connectivity index (χ0) is 24.5. The van der Waals surface area contributed by atoms with E-state index in [-0.39, 0.29) is 5.41 Å². The largest absolute Gasteiger partial charge is 0.364 e. The van der Waals surface area contributed by atoms with Crippen molar-refractivity contribution in [2.24, 2.45) is 40.4 Å². The van der Waals surface area contributed by atoms with E-state index in [9.17, 15) is 4.79 Å². The highest BCUT2D eigenvalue weighted by molar-refractivity contribution is 5.87. The molecule has 2 aromatic carbocycles. The molecule has 36 heavy (non-hydrogen) atoms. The van der Waals surface area contributed by atoms with Crippen molar-refractivity contribution < 1.29 is 4.79 Å². The second-order valence-corrected chi connectivity index (χ2v) is 13.5. The Hall–Kier alpha value is -2.09. The number of ketones is 1. The highest BCUT2D eigenvalue weighted by atomic mass is 16.1. The van der Waals surface area contributed by atoms with Crippen molar-refractivity contribution in [2.45, 2.75) is 84.1 Å². The van der Waals surface area contributed by atoms with Crippen LogP contribution in [-0.4, -0.2) is 12.3 Å². The lowest BCUT2D eigenvalue weighted by molar-refractivity contribution is -0.140. The SMILES string of the molecule is C[C@]12CCC([C@H]3c4ccccc4CCN3c3ccccc3)C[C@@H]1CC[C@@H]1[C@@H]2CC[C@]2(C)C(=O)CC[C@@H]12. The average Bonchev–Trinajstić information content (AvgIpc) is 3.22. The van der Waals surface area contributed by atoms with Gasteiger partial charge in [-0.3, -0.25) is 4.79 Å². The van der Waals surface area contributed by atoms with E-state index in [2.05, 4.69) is 73.3 Å². The fourth-order valence-corrected chi connectivity index (χ4v) is 10.4. The molecule has 0 aromatic heterocycles. The Bertz CT molecular complexity index is 1140. The summed E-state index contributed by atoms with van der Waals surface area (Å²) in [6, 6.07) is 21.0. The molecule has 2 nitrogen and oxygen atoms in total. The Balaban J connectivity index is 1.18. The summed E-state index contributed by atoms with van der Waals surface area (Å²) in [7, 11) is 0. The van der Waals surface area contributed by atoms with Gasteiger partial charge < -0.3 is 4.90 Å². The molecule has 0 saturated heterocycles. The number of hydrogen-bond acceptors (Lipinski definition) is 2. The van der Waals surface area contributed by atoms with Crippen LogP contribution in [0.4, 0.5) is 5.69 Å². The lowest BCUT2D eigenvalue weighted by Crippen LogP contribution is -2.54. The molecule has 7 rings (SSSR count). The molecule has 4 aliphatic carbocycles. The van der Waals surface area contributed by atoms with Crippen LogP contribution in [0.2, 0.25) is 0 Å². The van der Waals surface area contributed by atoms with Crippen LogP contribution in [0.1, 0.15) is 88.8 Å². The lowest BCUT2D eigenvalue weighted by atomic mass is 9.44. The maximum atomic E-state index is 12.8. The Kier molecular flexibility index (Phi) is 5.42. The van der Waals surface area contributed by atoms with Crippen LogP contribution >= 0.6 is 0 Å². The van der Waals surface area contributed by atoms with Gasteiger partial charge in [-0.25, -0.2) is 0 Å². The number of hydrogen-bond donors (Lipinski definition) is 0. The summed E-state index contributed by atoms with van der Waals surface area (Å²) in [6.07, 6.45) is 12.5. The predicted molar refractivity (Wildman–Crippen MR) is 147 cm³/mol. The number of fused-ring (bicyclic) bond motifs is 6. The van der Waals surface area contributed by atoms with Crippen LogP contribution in [0.25, 0.3) is 0 Å². The minimum absolute atomic E-state index is 0.00353. The number of para-hydroxylation sites is 1. The first-order valence-electron chi connectivity index (χ1n) is 14.9. The maximum absolute atomic E-state index is 12.8. The topological polar surface area (TPSA) is 20.3 Å². The molecule has 0 radical (unpaired) electrons. The van der Waals surface area contributed by atoms with Crippen LogP contribution in [0.5, 0.6) is 0 Å². The summed E-state index contributed by atoms with van der Waals surface area (Å²) >= 11 is 0. The standard InChI is InChI=1S/C34H43NO/c1-33-19-16-24(22-25(33)12-13-28-29-14-15-31(36)34(29,2)20-17-30(28)33)32-27-11-7-6-8-23(27)18-21-35(32)26-9-4-3-5-10-26/h3-11,24-25,28-30,32H,12-22H2,1-2H3/t24?,25-,28-,29-,30-,32-,33-,34-/m0/s1. The third-order valence-corrected chi connectivity index (χ3v) is 12.3. The van der Waals surface area contributed by atoms with Gasteiger partial charge in [0.2, 0.25) is 0 Å². The van der Waals surface area contributed by atoms with Crippen LogP contribution in [0.3, 0.4) is 0 Å². The molecule has 0 amide bonds. The Morgan fingerprint density at radius 2 is 1.61 bits per heavy atom. The third kappa shape index (κ3) is 3.31. The van der Waals surface area contributed by atoms with Crippen molar-refractivity contribution in [3.8, 4) is 0 Å². The quantitative estimate of drug-likeness (QED) is 0.433. The van der Waals surface area contributed by atoms with Crippen LogP contribution in [0.15, 0.2) is 54.6 Å². The van der Waals surface area contributed by atoms with Gasteiger partial charge in [0, 0.05) is 24.1 Å². The summed E-state index contributed by atoms with van der Waals surface area (Å²) in [5.41, 5.74) is 5.03. The van der Waals surface area contributed by atoms with Crippen molar-refractivity contribution >= 4 is 11.5 Å². The van der Waals surface area contributed by atoms with E-state index < -0.39 is 0 Å². The minimum atomic E-state index is 0.00353. The van der Waals surface area contributed by atoms with Gasteiger partial charge in [0.1, 0.15) is 5.78 Å². The van der Waals surface area contributed by atoms with Crippen LogP contribution in [-0.2, 0) is 11.2 Å². The zero-order valence-electron chi connectivity index (χ0n) is 22.3. The predicted octanol–water partition coefficient (Wildman–Crippen LogP) is 8.02. The molecular weight excluding hydrogens is 438 g/mol. The number of rotatable bonds is 2. The molecule has 2 heteroatoms. The molecule has 5 aliphatic rings. The maximum Gasteiger partial charge on any atom is 0.139 e. The number of benzene rings is 2. The fourth-order valence-electron chi connectivity index (χ4n) is 10.4. The number of Topliss-reactive ketones (excluding diaryl/α,β-unsaturated/α-hetero) is 1. The zero-order valence-corrected chi connectivity index (χ0v) is 22.3. The van der Waals surface area contributed by atoms with Gasteiger partial charge in [-0.05, 0) is 116 Å². The third-order valence-electron chi connectivity index (χ3n) is 12.3. The summed E-state index contributed by atoms with van der Waals surface area (Å²) in [4.78, 5) is 15.6. The number of nitrogens with zero attached hydrogens (tertiary/aromatic N) is 1. The fraction of sp³-hybridized carbons (Fsp3) is 0.618. The van der Waals surface area contributed by atoms with Gasteiger partial charge in [0.05, 0.1) is 6.04 Å². The molecule has 8 atom stereocenters. The average molecular weight is 482 g/mol. The number of carbonyl (C=O) groups excluding carboxylic acids is 1. The van der Waals surface area contributed by atoms with E-state index in [1.165, 1.54) is 50.6 Å². The number of anilines is 1. The van der Waals surface area contributed by atoms with Gasteiger partial charge in [-0.1, -0.05) is 56.3 Å². The Morgan fingerprint density at radius 1 is 0.806 bits per heavy atom. The van der Waals surface area contributed by atoms with Gasteiger partial charge in [0.25, 0.3) is 0 Å². The summed E-state index contributed by atoms with van der Waals surface area (Å²) in [5, 5.41) is 0. The monoisotopic (exact) mass is 481 g/mol. The molecule has 1 heterocycles. The van der Waals surface area contributed by atoms with Crippen LogP contribution < -0.4 is 4.90 Å². The highest BCUT2D eigenvalue weighted by Crippen LogP contribution is 2.66. The Morgan fingerprint density at radius 3 is 2.47 bits per heavy atom.